The Labute approximate surface area is 173 Å². The Bertz CT molecular complexity index is 577. The van der Waals surface area contributed by atoms with Gasteiger partial charge in [0.25, 0.3) is 0 Å². The van der Waals surface area contributed by atoms with Crippen LogP contribution < -0.4 is 0 Å². The number of ketones is 2. The number of carbonyl (C=O) groups excluding carboxylic acids is 2. The van der Waals surface area contributed by atoms with Crippen molar-refractivity contribution in [3.05, 3.63) is 35.5 Å². The molecule has 0 spiro atoms. The van der Waals surface area contributed by atoms with Gasteiger partial charge >= 0.3 is 0 Å². The normalized spacial score (nSPS) is 17.2. The lowest BCUT2D eigenvalue weighted by molar-refractivity contribution is -0.114. The van der Waals surface area contributed by atoms with Gasteiger partial charge in [-0.1, -0.05) is 84.3 Å². The van der Waals surface area contributed by atoms with Crippen LogP contribution in [0.25, 0.3) is 0 Å². The summed E-state index contributed by atoms with van der Waals surface area (Å²) in [6, 6.07) is 0. The van der Waals surface area contributed by atoms with Crippen LogP contribution in [0.1, 0.15) is 98.8 Å². The molecule has 0 aromatic carbocycles. The predicted molar refractivity (Wildman–Crippen MR) is 120 cm³/mol. The average Bonchev–Trinajstić information content (AvgIpc) is 2.62. The fraction of sp³-hybridized carbons (Fsp3) is 0.692. The lowest BCUT2D eigenvalue weighted by Gasteiger charge is -2.15. The minimum atomic E-state index is -0.0799. The van der Waals surface area contributed by atoms with Crippen molar-refractivity contribution in [1.82, 2.24) is 0 Å². The van der Waals surface area contributed by atoms with Gasteiger partial charge in [0, 0.05) is 5.57 Å². The topological polar surface area (TPSA) is 34.1 Å². The molecule has 0 heterocycles. The molecule has 0 amide bonds. The summed E-state index contributed by atoms with van der Waals surface area (Å²) in [5, 5.41) is 0. The first kappa shape index (κ1) is 24.6. The molecule has 2 unspecified atom stereocenters. The van der Waals surface area contributed by atoms with Crippen LogP contribution in [0.3, 0.4) is 0 Å². The second-order valence-corrected chi connectivity index (χ2v) is 9.38. The van der Waals surface area contributed by atoms with E-state index in [2.05, 4.69) is 40.7 Å². The summed E-state index contributed by atoms with van der Waals surface area (Å²) in [6.45, 7) is 11.6. The average molecular weight is 387 g/mol. The van der Waals surface area contributed by atoms with Crippen LogP contribution in [0.2, 0.25) is 0 Å². The van der Waals surface area contributed by atoms with E-state index in [9.17, 15) is 9.59 Å². The number of carbonyl (C=O) groups is 2. The van der Waals surface area contributed by atoms with E-state index in [0.717, 1.165) is 24.2 Å². The van der Waals surface area contributed by atoms with Gasteiger partial charge < -0.3 is 0 Å². The molecule has 0 bridgehead atoms. The molecule has 0 aromatic rings. The Hall–Kier alpha value is -1.44. The van der Waals surface area contributed by atoms with E-state index < -0.39 is 0 Å². The summed E-state index contributed by atoms with van der Waals surface area (Å²) < 4.78 is 0. The lowest BCUT2D eigenvalue weighted by Crippen LogP contribution is -2.06. The molecule has 1 aliphatic carbocycles. The molecule has 0 saturated heterocycles. The van der Waals surface area contributed by atoms with E-state index in [4.69, 9.17) is 0 Å². The molecule has 0 aliphatic heterocycles. The summed E-state index contributed by atoms with van der Waals surface area (Å²) in [5.41, 5.74) is 1.93. The quantitative estimate of drug-likeness (QED) is 0.230. The van der Waals surface area contributed by atoms with E-state index in [-0.39, 0.29) is 11.6 Å². The van der Waals surface area contributed by atoms with Gasteiger partial charge in [-0.15, -0.1) is 0 Å². The maximum Gasteiger partial charge on any atom is 0.182 e. The third-order valence-corrected chi connectivity index (χ3v) is 5.84. The smallest absolute Gasteiger partial charge is 0.182 e. The van der Waals surface area contributed by atoms with Crippen LogP contribution in [-0.2, 0) is 9.59 Å². The third kappa shape index (κ3) is 11.4. The largest absolute Gasteiger partial charge is 0.290 e. The molecular weight excluding hydrogens is 344 g/mol. The first-order chi connectivity index (χ1) is 13.3. The van der Waals surface area contributed by atoms with Crippen LogP contribution in [-0.4, -0.2) is 11.6 Å². The third-order valence-electron chi connectivity index (χ3n) is 5.84. The molecule has 0 N–H and O–H groups in total. The molecule has 1 rings (SSSR count). The first-order valence-corrected chi connectivity index (χ1v) is 11.4. The maximum absolute atomic E-state index is 11.8. The number of rotatable bonds is 14. The molecule has 0 aromatic heterocycles. The SMILES string of the molecule is C/C(=C\CC1=CC(=O)C=CC1=O)CCCC(C)CCCC(C)CCCC(C)C. The van der Waals surface area contributed by atoms with E-state index in [1.54, 1.807) is 0 Å². The zero-order valence-electron chi connectivity index (χ0n) is 18.9. The van der Waals surface area contributed by atoms with E-state index in [0.29, 0.717) is 12.0 Å². The molecule has 1 aliphatic rings. The van der Waals surface area contributed by atoms with Crippen molar-refractivity contribution in [3.8, 4) is 0 Å². The van der Waals surface area contributed by atoms with Crippen molar-refractivity contribution < 1.29 is 9.59 Å². The minimum absolute atomic E-state index is 0.0318. The first-order valence-electron chi connectivity index (χ1n) is 11.4. The Morgan fingerprint density at radius 3 is 2.04 bits per heavy atom. The van der Waals surface area contributed by atoms with Gasteiger partial charge in [0.05, 0.1) is 0 Å². The number of hydrogen-bond donors (Lipinski definition) is 0. The van der Waals surface area contributed by atoms with Gasteiger partial charge in [0.1, 0.15) is 0 Å². The van der Waals surface area contributed by atoms with E-state index in [1.807, 2.05) is 0 Å². The second kappa shape index (κ2) is 13.7. The summed E-state index contributed by atoms with van der Waals surface area (Å²) in [5.74, 6) is 2.39. The summed E-state index contributed by atoms with van der Waals surface area (Å²) in [7, 11) is 0. The molecular formula is C26H42O2. The monoisotopic (exact) mass is 386 g/mol. The van der Waals surface area contributed by atoms with Gasteiger partial charge in [-0.25, -0.2) is 0 Å². The van der Waals surface area contributed by atoms with Gasteiger partial charge in [0.2, 0.25) is 0 Å². The summed E-state index contributed by atoms with van der Waals surface area (Å²) in [6.07, 6.45) is 18.7. The highest BCUT2D eigenvalue weighted by Gasteiger charge is 2.12. The molecule has 158 valence electrons. The lowest BCUT2D eigenvalue weighted by atomic mass is 9.91. The molecule has 2 atom stereocenters. The van der Waals surface area contributed by atoms with Gasteiger partial charge in [0.15, 0.2) is 11.6 Å². The highest BCUT2D eigenvalue weighted by atomic mass is 16.1. The Kier molecular flexibility index (Phi) is 12.0. The Balaban J connectivity index is 2.14. The minimum Gasteiger partial charge on any atom is -0.290 e. The van der Waals surface area contributed by atoms with Crippen LogP contribution in [0.5, 0.6) is 0 Å². The molecule has 2 heteroatoms. The Morgan fingerprint density at radius 1 is 0.857 bits per heavy atom. The zero-order valence-corrected chi connectivity index (χ0v) is 18.9. The molecule has 0 radical (unpaired) electrons. The molecule has 0 fully saturated rings. The Morgan fingerprint density at radius 2 is 1.43 bits per heavy atom. The van der Waals surface area contributed by atoms with Crippen molar-refractivity contribution in [2.24, 2.45) is 17.8 Å². The van der Waals surface area contributed by atoms with Crippen molar-refractivity contribution in [1.29, 1.82) is 0 Å². The fourth-order valence-corrected chi connectivity index (χ4v) is 3.81. The highest BCUT2D eigenvalue weighted by Crippen LogP contribution is 2.22. The fourth-order valence-electron chi connectivity index (χ4n) is 3.81. The van der Waals surface area contributed by atoms with Crippen LogP contribution in [0.15, 0.2) is 35.5 Å². The van der Waals surface area contributed by atoms with E-state index >= 15 is 0 Å². The highest BCUT2D eigenvalue weighted by molar-refractivity contribution is 6.17. The van der Waals surface area contributed by atoms with Crippen LogP contribution in [0, 0.1) is 17.8 Å². The van der Waals surface area contributed by atoms with Gasteiger partial charge in [-0.05, 0) is 62.2 Å². The van der Waals surface area contributed by atoms with Crippen LogP contribution in [0.4, 0.5) is 0 Å². The van der Waals surface area contributed by atoms with Crippen LogP contribution >= 0.6 is 0 Å². The molecule has 28 heavy (non-hydrogen) atoms. The second-order valence-electron chi connectivity index (χ2n) is 9.38. The van der Waals surface area contributed by atoms with Crippen molar-refractivity contribution in [2.45, 2.75) is 98.8 Å². The predicted octanol–water partition coefficient (Wildman–Crippen LogP) is 7.40. The molecule has 2 nitrogen and oxygen atoms in total. The van der Waals surface area contributed by atoms with Crippen molar-refractivity contribution in [2.75, 3.05) is 0 Å². The molecule has 0 saturated carbocycles. The van der Waals surface area contributed by atoms with E-state index in [1.165, 1.54) is 75.2 Å². The number of allylic oxidation sites excluding steroid dienone is 6. The van der Waals surface area contributed by atoms with Crippen molar-refractivity contribution in [3.63, 3.8) is 0 Å². The summed E-state index contributed by atoms with van der Waals surface area (Å²) in [4.78, 5) is 23.1. The summed E-state index contributed by atoms with van der Waals surface area (Å²) >= 11 is 0. The van der Waals surface area contributed by atoms with Gasteiger partial charge in [-0.2, -0.15) is 0 Å². The van der Waals surface area contributed by atoms with Gasteiger partial charge in [-0.3, -0.25) is 9.59 Å². The van der Waals surface area contributed by atoms with Crippen molar-refractivity contribution >= 4 is 11.6 Å². The standard InChI is InChI=1S/C26H42O2/c1-20(2)9-6-10-21(3)11-7-12-22(4)13-8-14-23(5)15-16-24-19-25(27)17-18-26(24)28/h15,17-22H,6-14,16H2,1-5H3/b23-15+. The number of hydrogen-bond acceptors (Lipinski definition) is 2. The zero-order chi connectivity index (χ0) is 20.9. The maximum atomic E-state index is 11.8.